The number of aryl methyl sites for hydroxylation is 1. The summed E-state index contributed by atoms with van der Waals surface area (Å²) in [4.78, 5) is 4.74. The Hall–Kier alpha value is -1.58. The summed E-state index contributed by atoms with van der Waals surface area (Å²) in [5, 5.41) is 4.06. The molecule has 4 heteroatoms. The van der Waals surface area contributed by atoms with Crippen molar-refractivity contribution in [1.29, 1.82) is 0 Å². The van der Waals surface area contributed by atoms with Gasteiger partial charge in [0.25, 0.3) is 0 Å². The zero-order chi connectivity index (χ0) is 16.1. The number of pyridine rings is 1. The number of nitrogens with one attached hydrogen (secondary N) is 1. The van der Waals surface area contributed by atoms with Crippen molar-refractivity contribution in [1.82, 2.24) is 10.3 Å². The van der Waals surface area contributed by atoms with Gasteiger partial charge in [0, 0.05) is 5.69 Å². The van der Waals surface area contributed by atoms with Gasteiger partial charge in [0.2, 0.25) is 0 Å². The molecule has 0 radical (unpaired) electrons. The lowest BCUT2D eigenvalue weighted by Crippen LogP contribution is -2.28. The average Bonchev–Trinajstić information content (AvgIpc) is 2.55. The van der Waals surface area contributed by atoms with Crippen LogP contribution < -0.4 is 10.1 Å². The lowest BCUT2D eigenvalue weighted by molar-refractivity contribution is 0.300. The monoisotopic (exact) mass is 330 g/mol. The van der Waals surface area contributed by atoms with Gasteiger partial charge in [0.15, 0.2) is 0 Å². The number of hydrogen-bond donors (Lipinski definition) is 1. The van der Waals surface area contributed by atoms with Crippen molar-refractivity contribution in [3.63, 3.8) is 0 Å². The van der Waals surface area contributed by atoms with Crippen molar-refractivity contribution < 1.29 is 4.74 Å². The molecule has 1 aliphatic rings. The van der Waals surface area contributed by atoms with Crippen molar-refractivity contribution in [2.45, 2.75) is 32.8 Å². The van der Waals surface area contributed by atoms with Gasteiger partial charge in [-0.1, -0.05) is 23.7 Å². The first-order valence-electron chi connectivity index (χ1n) is 8.25. The third-order valence-corrected chi connectivity index (χ3v) is 4.58. The summed E-state index contributed by atoms with van der Waals surface area (Å²) in [6, 6.07) is 12.0. The van der Waals surface area contributed by atoms with E-state index in [9.17, 15) is 0 Å². The lowest BCUT2D eigenvalue weighted by atomic mass is 9.93. The van der Waals surface area contributed by atoms with Crippen LogP contribution in [0, 0.1) is 12.8 Å². The minimum atomic E-state index is 0.447. The second kappa shape index (κ2) is 7.80. The van der Waals surface area contributed by atoms with Crippen LogP contribution in [-0.4, -0.2) is 18.1 Å². The van der Waals surface area contributed by atoms with E-state index in [-0.39, 0.29) is 0 Å². The topological polar surface area (TPSA) is 34.1 Å². The van der Waals surface area contributed by atoms with E-state index >= 15 is 0 Å². The molecule has 1 aliphatic heterocycles. The predicted molar refractivity (Wildman–Crippen MR) is 94.1 cm³/mol. The molecule has 3 nitrogen and oxygen atoms in total. The Kier molecular flexibility index (Phi) is 5.52. The summed E-state index contributed by atoms with van der Waals surface area (Å²) in [6.45, 7) is 4.71. The van der Waals surface area contributed by atoms with E-state index in [4.69, 9.17) is 21.3 Å². The highest BCUT2D eigenvalue weighted by Gasteiger charge is 2.14. The molecular weight excluding hydrogens is 308 g/mol. The van der Waals surface area contributed by atoms with Crippen LogP contribution in [0.25, 0.3) is 0 Å². The first-order valence-corrected chi connectivity index (χ1v) is 8.63. The third kappa shape index (κ3) is 4.69. The van der Waals surface area contributed by atoms with Crippen LogP contribution in [0.1, 0.15) is 29.8 Å². The molecule has 1 aromatic carbocycles. The molecule has 2 heterocycles. The summed E-state index contributed by atoms with van der Waals surface area (Å²) in [5.41, 5.74) is 3.24. The molecule has 1 saturated heterocycles. The molecule has 1 fully saturated rings. The Labute approximate surface area is 143 Å². The molecule has 2 aromatic rings. The summed E-state index contributed by atoms with van der Waals surface area (Å²) in [7, 11) is 0. The zero-order valence-corrected chi connectivity index (χ0v) is 14.3. The van der Waals surface area contributed by atoms with Crippen LogP contribution in [0.4, 0.5) is 0 Å². The van der Waals surface area contributed by atoms with Crippen LogP contribution in [-0.2, 0) is 13.0 Å². The van der Waals surface area contributed by atoms with Crippen molar-refractivity contribution >= 4 is 11.6 Å². The Morgan fingerprint density at radius 2 is 1.96 bits per heavy atom. The van der Waals surface area contributed by atoms with Gasteiger partial charge in [-0.2, -0.15) is 0 Å². The van der Waals surface area contributed by atoms with Gasteiger partial charge in [-0.25, -0.2) is 0 Å². The van der Waals surface area contributed by atoms with E-state index in [0.29, 0.717) is 17.4 Å². The van der Waals surface area contributed by atoms with Gasteiger partial charge in [-0.3, -0.25) is 4.98 Å². The molecule has 1 aromatic heterocycles. The van der Waals surface area contributed by atoms with E-state index in [0.717, 1.165) is 42.4 Å². The Bertz CT molecular complexity index is 654. The largest absolute Gasteiger partial charge is 0.486 e. The maximum absolute atomic E-state index is 6.20. The fraction of sp³-hybridized carbons (Fsp3) is 0.421. The van der Waals surface area contributed by atoms with Gasteiger partial charge in [-0.05, 0) is 75.0 Å². The number of halogens is 1. The Morgan fingerprint density at radius 1 is 1.17 bits per heavy atom. The fourth-order valence-corrected chi connectivity index (χ4v) is 3.27. The van der Waals surface area contributed by atoms with Gasteiger partial charge >= 0.3 is 0 Å². The van der Waals surface area contributed by atoms with E-state index < -0.39 is 0 Å². The van der Waals surface area contributed by atoms with Crippen molar-refractivity contribution in [3.05, 3.63) is 58.4 Å². The van der Waals surface area contributed by atoms with Crippen molar-refractivity contribution in [2.24, 2.45) is 5.92 Å². The standard InChI is InChI=1S/C19H23ClN2O/c1-14-5-6-19(18(20)11-14)23-13-17-4-2-3-16(22-17)12-15-7-9-21-10-8-15/h2-6,11,15,21H,7-10,12-13H2,1H3. The minimum Gasteiger partial charge on any atom is -0.486 e. The second-order valence-electron chi connectivity index (χ2n) is 6.24. The Balaban J connectivity index is 1.60. The second-order valence-corrected chi connectivity index (χ2v) is 6.65. The molecule has 122 valence electrons. The highest BCUT2D eigenvalue weighted by Crippen LogP contribution is 2.26. The first-order chi connectivity index (χ1) is 11.2. The number of aromatic nitrogens is 1. The molecule has 0 unspecified atom stereocenters. The van der Waals surface area contributed by atoms with E-state index in [1.807, 2.05) is 31.2 Å². The van der Waals surface area contributed by atoms with Crippen molar-refractivity contribution in [3.8, 4) is 5.75 Å². The van der Waals surface area contributed by atoms with Crippen molar-refractivity contribution in [2.75, 3.05) is 13.1 Å². The maximum atomic E-state index is 6.20. The van der Waals surface area contributed by atoms with Gasteiger partial charge in [0.1, 0.15) is 12.4 Å². The summed E-state index contributed by atoms with van der Waals surface area (Å²) in [6.07, 6.45) is 3.53. The fourth-order valence-electron chi connectivity index (χ4n) is 2.98. The molecule has 0 amide bonds. The molecule has 23 heavy (non-hydrogen) atoms. The smallest absolute Gasteiger partial charge is 0.138 e. The lowest BCUT2D eigenvalue weighted by Gasteiger charge is -2.22. The molecule has 0 aliphatic carbocycles. The molecule has 0 atom stereocenters. The van der Waals surface area contributed by atoms with Gasteiger partial charge < -0.3 is 10.1 Å². The first kappa shape index (κ1) is 16.3. The molecule has 3 rings (SSSR count). The highest BCUT2D eigenvalue weighted by atomic mass is 35.5. The van der Waals surface area contributed by atoms with Crippen LogP contribution in [0.5, 0.6) is 5.75 Å². The third-order valence-electron chi connectivity index (χ3n) is 4.28. The van der Waals surface area contributed by atoms with Crippen LogP contribution >= 0.6 is 11.6 Å². The zero-order valence-electron chi connectivity index (χ0n) is 13.5. The number of piperidine rings is 1. The quantitative estimate of drug-likeness (QED) is 0.893. The number of nitrogens with zero attached hydrogens (tertiary/aromatic N) is 1. The molecule has 0 bridgehead atoms. The summed E-state index contributed by atoms with van der Waals surface area (Å²) < 4.78 is 5.82. The predicted octanol–water partition coefficient (Wildman–Crippen LogP) is 4.16. The number of hydrogen-bond acceptors (Lipinski definition) is 3. The summed E-state index contributed by atoms with van der Waals surface area (Å²) in [5.74, 6) is 1.45. The summed E-state index contributed by atoms with van der Waals surface area (Å²) >= 11 is 6.20. The SMILES string of the molecule is Cc1ccc(OCc2cccc(CC3CCNCC3)n2)c(Cl)c1. The van der Waals surface area contributed by atoms with Crippen LogP contribution in [0.15, 0.2) is 36.4 Å². The molecule has 1 N–H and O–H groups in total. The minimum absolute atomic E-state index is 0.447. The number of benzene rings is 1. The van der Waals surface area contributed by atoms with Gasteiger partial charge in [0.05, 0.1) is 10.7 Å². The molecular formula is C19H23ClN2O. The number of ether oxygens (including phenoxy) is 1. The normalized spacial score (nSPS) is 15.6. The average molecular weight is 331 g/mol. The van der Waals surface area contributed by atoms with E-state index in [1.165, 1.54) is 12.8 Å². The molecule has 0 spiro atoms. The van der Waals surface area contributed by atoms with E-state index in [2.05, 4.69) is 17.4 Å². The maximum Gasteiger partial charge on any atom is 0.138 e. The van der Waals surface area contributed by atoms with Crippen LogP contribution in [0.2, 0.25) is 5.02 Å². The number of rotatable bonds is 5. The Morgan fingerprint density at radius 3 is 2.74 bits per heavy atom. The highest BCUT2D eigenvalue weighted by molar-refractivity contribution is 6.32. The van der Waals surface area contributed by atoms with Crippen LogP contribution in [0.3, 0.4) is 0 Å². The van der Waals surface area contributed by atoms with E-state index in [1.54, 1.807) is 0 Å². The van der Waals surface area contributed by atoms with Gasteiger partial charge in [-0.15, -0.1) is 0 Å². The molecule has 0 saturated carbocycles.